The Hall–Kier alpha value is -2.12. The van der Waals surface area contributed by atoms with Crippen molar-refractivity contribution in [3.63, 3.8) is 0 Å². The first-order valence-corrected chi connectivity index (χ1v) is 10.7. The molecule has 2 atom stereocenters. The van der Waals surface area contributed by atoms with E-state index in [0.29, 0.717) is 12.8 Å². The Bertz CT molecular complexity index is 522. The van der Waals surface area contributed by atoms with Crippen LogP contribution in [0.15, 0.2) is 0 Å². The van der Waals surface area contributed by atoms with Crippen LogP contribution >= 0.6 is 0 Å². The zero-order valence-electron chi connectivity index (χ0n) is 18.4. The van der Waals surface area contributed by atoms with Gasteiger partial charge in [-0.1, -0.05) is 52.9 Å². The molecule has 0 aromatic carbocycles. The standard InChI is InChI=1S/C21H39N3O5/c1-5-6-7-8-9-10-11-19(26)23-17(14-15(2)3)20(27)24-16(21(28)29)12-13-18(25)22-4/h15-17H,5-14H2,1-4H3,(H,22,25)(H,23,26)(H,24,27)(H,28,29)/t16-,17-/m0/s1. The van der Waals surface area contributed by atoms with Gasteiger partial charge in [0.1, 0.15) is 12.1 Å². The van der Waals surface area contributed by atoms with Crippen LogP contribution in [0.5, 0.6) is 0 Å². The average Bonchev–Trinajstić information content (AvgIpc) is 2.66. The van der Waals surface area contributed by atoms with Crippen molar-refractivity contribution in [2.75, 3.05) is 7.05 Å². The smallest absolute Gasteiger partial charge is 0.326 e. The fourth-order valence-corrected chi connectivity index (χ4v) is 2.97. The minimum absolute atomic E-state index is 0.00696. The summed E-state index contributed by atoms with van der Waals surface area (Å²) in [5.41, 5.74) is 0. The second kappa shape index (κ2) is 15.8. The second-order valence-electron chi connectivity index (χ2n) is 7.88. The van der Waals surface area contributed by atoms with Gasteiger partial charge in [-0.15, -0.1) is 0 Å². The van der Waals surface area contributed by atoms with E-state index >= 15 is 0 Å². The molecule has 0 radical (unpaired) electrons. The summed E-state index contributed by atoms with van der Waals surface area (Å²) >= 11 is 0. The summed E-state index contributed by atoms with van der Waals surface area (Å²) in [4.78, 5) is 47.6. The summed E-state index contributed by atoms with van der Waals surface area (Å²) in [5.74, 6) is -2.08. The molecule has 0 spiro atoms. The van der Waals surface area contributed by atoms with E-state index in [1.165, 1.54) is 26.3 Å². The molecule has 0 aliphatic heterocycles. The number of carboxylic acids is 1. The highest BCUT2D eigenvalue weighted by molar-refractivity contribution is 5.90. The summed E-state index contributed by atoms with van der Waals surface area (Å²) in [6.07, 6.45) is 7.15. The van der Waals surface area contributed by atoms with Crippen LogP contribution in [-0.4, -0.2) is 47.9 Å². The number of nitrogens with one attached hydrogen (secondary N) is 3. The first-order chi connectivity index (χ1) is 13.7. The minimum Gasteiger partial charge on any atom is -0.480 e. The maximum Gasteiger partial charge on any atom is 0.326 e. The molecule has 4 N–H and O–H groups in total. The first-order valence-electron chi connectivity index (χ1n) is 10.7. The lowest BCUT2D eigenvalue weighted by molar-refractivity contribution is -0.142. The third kappa shape index (κ3) is 13.7. The van der Waals surface area contributed by atoms with E-state index in [4.69, 9.17) is 0 Å². The number of aliphatic carboxylic acids is 1. The van der Waals surface area contributed by atoms with Crippen molar-refractivity contribution in [3.8, 4) is 0 Å². The Morgan fingerprint density at radius 1 is 0.828 bits per heavy atom. The normalized spacial score (nSPS) is 12.9. The molecule has 0 saturated heterocycles. The predicted octanol–water partition coefficient (Wildman–Crippen LogP) is 2.36. The zero-order valence-corrected chi connectivity index (χ0v) is 18.4. The third-order valence-electron chi connectivity index (χ3n) is 4.67. The summed E-state index contributed by atoms with van der Waals surface area (Å²) in [6.45, 7) is 6.02. The van der Waals surface area contributed by atoms with Gasteiger partial charge >= 0.3 is 5.97 Å². The fourth-order valence-electron chi connectivity index (χ4n) is 2.97. The maximum atomic E-state index is 12.6. The number of rotatable bonds is 16. The Balaban J connectivity index is 4.67. The van der Waals surface area contributed by atoms with Gasteiger partial charge in [-0.25, -0.2) is 4.79 Å². The molecule has 8 nitrogen and oxygen atoms in total. The third-order valence-corrected chi connectivity index (χ3v) is 4.67. The Morgan fingerprint density at radius 2 is 1.45 bits per heavy atom. The number of hydrogen-bond donors (Lipinski definition) is 4. The van der Waals surface area contributed by atoms with Gasteiger partial charge in [-0.2, -0.15) is 0 Å². The molecular formula is C21H39N3O5. The van der Waals surface area contributed by atoms with Crippen LogP contribution in [0.2, 0.25) is 0 Å². The molecule has 0 aromatic rings. The van der Waals surface area contributed by atoms with Crippen molar-refractivity contribution in [1.29, 1.82) is 0 Å². The molecule has 0 bridgehead atoms. The van der Waals surface area contributed by atoms with Crippen molar-refractivity contribution in [1.82, 2.24) is 16.0 Å². The van der Waals surface area contributed by atoms with Gasteiger partial charge in [0.2, 0.25) is 17.7 Å². The molecule has 0 aliphatic rings. The number of hydrogen-bond acceptors (Lipinski definition) is 4. The molecule has 0 aliphatic carbocycles. The van der Waals surface area contributed by atoms with Gasteiger partial charge in [-0.3, -0.25) is 14.4 Å². The van der Waals surface area contributed by atoms with E-state index < -0.39 is 24.0 Å². The van der Waals surface area contributed by atoms with Crippen LogP contribution in [0, 0.1) is 5.92 Å². The van der Waals surface area contributed by atoms with Crippen molar-refractivity contribution in [2.24, 2.45) is 5.92 Å². The van der Waals surface area contributed by atoms with Gasteiger partial charge in [0.25, 0.3) is 0 Å². The lowest BCUT2D eigenvalue weighted by Crippen LogP contribution is -2.52. The molecule has 8 heteroatoms. The number of amides is 3. The number of carbonyl (C=O) groups excluding carboxylic acids is 3. The van der Waals surface area contributed by atoms with Gasteiger partial charge in [0.15, 0.2) is 0 Å². The molecule has 3 amide bonds. The van der Waals surface area contributed by atoms with Crippen molar-refractivity contribution < 1.29 is 24.3 Å². The lowest BCUT2D eigenvalue weighted by Gasteiger charge is -2.22. The quantitative estimate of drug-likeness (QED) is 0.289. The van der Waals surface area contributed by atoms with Crippen molar-refractivity contribution >= 4 is 23.7 Å². The van der Waals surface area contributed by atoms with Crippen molar-refractivity contribution in [2.45, 2.75) is 97.1 Å². The number of carboxylic acid groups (broad SMARTS) is 1. The van der Waals surface area contributed by atoms with E-state index in [1.54, 1.807) is 0 Å². The van der Waals surface area contributed by atoms with Gasteiger partial charge in [-0.05, 0) is 25.2 Å². The molecule has 0 rings (SSSR count). The highest BCUT2D eigenvalue weighted by Crippen LogP contribution is 2.09. The molecule has 0 heterocycles. The van der Waals surface area contributed by atoms with E-state index in [9.17, 15) is 24.3 Å². The van der Waals surface area contributed by atoms with Gasteiger partial charge in [0, 0.05) is 19.9 Å². The molecular weight excluding hydrogens is 374 g/mol. The van der Waals surface area contributed by atoms with Gasteiger partial charge in [0.05, 0.1) is 0 Å². The molecule has 0 fully saturated rings. The van der Waals surface area contributed by atoms with Crippen LogP contribution in [0.4, 0.5) is 0 Å². The van der Waals surface area contributed by atoms with Crippen LogP contribution in [0.1, 0.15) is 85.0 Å². The average molecular weight is 414 g/mol. The number of unbranched alkanes of at least 4 members (excludes halogenated alkanes) is 5. The number of carbonyl (C=O) groups is 4. The molecule has 168 valence electrons. The van der Waals surface area contributed by atoms with Crippen LogP contribution < -0.4 is 16.0 Å². The Kier molecular flexibility index (Phi) is 14.6. The van der Waals surface area contributed by atoms with Crippen LogP contribution in [0.3, 0.4) is 0 Å². The van der Waals surface area contributed by atoms with Gasteiger partial charge < -0.3 is 21.1 Å². The molecule has 0 saturated carbocycles. The topological polar surface area (TPSA) is 125 Å². The highest BCUT2D eigenvalue weighted by atomic mass is 16.4. The van der Waals surface area contributed by atoms with Crippen molar-refractivity contribution in [3.05, 3.63) is 0 Å². The maximum absolute atomic E-state index is 12.6. The van der Waals surface area contributed by atoms with Crippen LogP contribution in [-0.2, 0) is 19.2 Å². The van der Waals surface area contributed by atoms with E-state index in [2.05, 4.69) is 22.9 Å². The molecule has 0 unspecified atom stereocenters. The van der Waals surface area contributed by atoms with E-state index in [0.717, 1.165) is 19.3 Å². The van der Waals surface area contributed by atoms with Crippen LogP contribution in [0.25, 0.3) is 0 Å². The minimum atomic E-state index is -1.20. The monoisotopic (exact) mass is 413 g/mol. The lowest BCUT2D eigenvalue weighted by atomic mass is 10.0. The summed E-state index contributed by atoms with van der Waals surface area (Å²) in [5, 5.41) is 17.0. The Morgan fingerprint density at radius 3 is 2.00 bits per heavy atom. The largest absolute Gasteiger partial charge is 0.480 e. The van der Waals surface area contributed by atoms with E-state index in [1.807, 2.05) is 13.8 Å². The summed E-state index contributed by atoms with van der Waals surface area (Å²) in [6, 6.07) is -1.96. The fraction of sp³-hybridized carbons (Fsp3) is 0.810. The highest BCUT2D eigenvalue weighted by Gasteiger charge is 2.27. The molecule has 0 aromatic heterocycles. The SMILES string of the molecule is CCCCCCCCC(=O)N[C@@H](CC(C)C)C(=O)N[C@@H](CCC(=O)NC)C(=O)O. The Labute approximate surface area is 174 Å². The summed E-state index contributed by atoms with van der Waals surface area (Å²) < 4.78 is 0. The second-order valence-corrected chi connectivity index (χ2v) is 7.88. The predicted molar refractivity (Wildman–Crippen MR) is 112 cm³/mol. The summed E-state index contributed by atoms with van der Waals surface area (Å²) in [7, 11) is 1.47. The first kappa shape index (κ1) is 26.9. The van der Waals surface area contributed by atoms with E-state index in [-0.39, 0.29) is 30.6 Å². The zero-order chi connectivity index (χ0) is 22.2. The molecule has 29 heavy (non-hydrogen) atoms.